The van der Waals surface area contributed by atoms with Gasteiger partial charge in [-0.2, -0.15) is 0 Å². The molecule has 0 bridgehead atoms. The van der Waals surface area contributed by atoms with E-state index in [1.54, 1.807) is 29.2 Å². The van der Waals surface area contributed by atoms with Gasteiger partial charge in [0.15, 0.2) is 6.61 Å². The van der Waals surface area contributed by atoms with E-state index in [2.05, 4.69) is 5.32 Å². The lowest BCUT2D eigenvalue weighted by Gasteiger charge is -2.31. The first-order valence-corrected chi connectivity index (χ1v) is 9.57. The Bertz CT molecular complexity index is 896. The SMILES string of the molecule is O=C(COC(=O)C1CCN(C(=O)c2ccc(F)cc2)CC1)Nc1ccccc1Cl. The van der Waals surface area contributed by atoms with Gasteiger partial charge in [0.2, 0.25) is 0 Å². The third-order valence-corrected chi connectivity index (χ3v) is 5.03. The molecule has 0 radical (unpaired) electrons. The number of likely N-dealkylation sites (tertiary alicyclic amines) is 1. The summed E-state index contributed by atoms with van der Waals surface area (Å²) in [6, 6.07) is 12.1. The van der Waals surface area contributed by atoms with E-state index in [-0.39, 0.29) is 11.8 Å². The number of benzene rings is 2. The highest BCUT2D eigenvalue weighted by molar-refractivity contribution is 6.33. The molecule has 2 aromatic carbocycles. The summed E-state index contributed by atoms with van der Waals surface area (Å²) in [7, 11) is 0. The number of rotatable bonds is 5. The molecular formula is C21H20ClFN2O4. The van der Waals surface area contributed by atoms with Gasteiger partial charge >= 0.3 is 5.97 Å². The summed E-state index contributed by atoms with van der Waals surface area (Å²) in [5.74, 6) is -1.92. The van der Waals surface area contributed by atoms with Crippen LogP contribution in [0.2, 0.25) is 5.02 Å². The summed E-state index contributed by atoms with van der Waals surface area (Å²) >= 11 is 5.97. The zero-order valence-electron chi connectivity index (χ0n) is 15.6. The number of anilines is 1. The standard InChI is InChI=1S/C21H20ClFN2O4/c22-17-3-1-2-4-18(17)24-19(26)13-29-21(28)15-9-11-25(12-10-15)20(27)14-5-7-16(23)8-6-14/h1-8,15H,9-13H2,(H,24,26). The number of hydrogen-bond acceptors (Lipinski definition) is 4. The first-order chi connectivity index (χ1) is 13.9. The van der Waals surface area contributed by atoms with E-state index in [0.29, 0.717) is 42.2 Å². The molecule has 2 aromatic rings. The van der Waals surface area contributed by atoms with Gasteiger partial charge in [-0.3, -0.25) is 14.4 Å². The molecule has 3 rings (SSSR count). The van der Waals surface area contributed by atoms with Crippen molar-refractivity contribution < 1.29 is 23.5 Å². The van der Waals surface area contributed by atoms with Crippen molar-refractivity contribution in [1.29, 1.82) is 0 Å². The lowest BCUT2D eigenvalue weighted by atomic mass is 9.96. The Morgan fingerprint density at radius 2 is 1.72 bits per heavy atom. The Balaban J connectivity index is 1.44. The van der Waals surface area contributed by atoms with Crippen molar-refractivity contribution >= 4 is 35.1 Å². The second-order valence-corrected chi connectivity index (χ2v) is 7.12. The van der Waals surface area contributed by atoms with Crippen molar-refractivity contribution in [1.82, 2.24) is 4.90 Å². The van der Waals surface area contributed by atoms with Crippen LogP contribution in [-0.2, 0) is 14.3 Å². The van der Waals surface area contributed by atoms with Gasteiger partial charge in [-0.1, -0.05) is 23.7 Å². The second-order valence-electron chi connectivity index (χ2n) is 6.71. The van der Waals surface area contributed by atoms with Crippen molar-refractivity contribution in [2.75, 3.05) is 25.0 Å². The maximum atomic E-state index is 13.0. The first-order valence-electron chi connectivity index (χ1n) is 9.20. The molecule has 1 N–H and O–H groups in total. The van der Waals surface area contributed by atoms with Crippen LogP contribution >= 0.6 is 11.6 Å². The highest BCUT2D eigenvalue weighted by Gasteiger charge is 2.29. The molecule has 1 aliphatic rings. The molecule has 6 nitrogen and oxygen atoms in total. The summed E-state index contributed by atoms with van der Waals surface area (Å²) < 4.78 is 18.1. The van der Waals surface area contributed by atoms with Crippen molar-refractivity contribution in [2.24, 2.45) is 5.92 Å². The third-order valence-electron chi connectivity index (χ3n) is 4.70. The van der Waals surface area contributed by atoms with Crippen LogP contribution < -0.4 is 5.32 Å². The van der Waals surface area contributed by atoms with Gasteiger partial charge in [0.05, 0.1) is 16.6 Å². The largest absolute Gasteiger partial charge is 0.455 e. The van der Waals surface area contributed by atoms with Gasteiger partial charge in [-0.25, -0.2) is 4.39 Å². The van der Waals surface area contributed by atoms with E-state index in [0.717, 1.165) is 0 Å². The van der Waals surface area contributed by atoms with Gasteiger partial charge in [-0.15, -0.1) is 0 Å². The van der Waals surface area contributed by atoms with E-state index in [9.17, 15) is 18.8 Å². The normalized spacial score (nSPS) is 14.3. The minimum Gasteiger partial charge on any atom is -0.455 e. The number of carbonyl (C=O) groups is 3. The van der Waals surface area contributed by atoms with Gasteiger partial charge in [-0.05, 0) is 49.2 Å². The van der Waals surface area contributed by atoms with Crippen molar-refractivity contribution in [3.8, 4) is 0 Å². The third kappa shape index (κ3) is 5.54. The molecule has 1 saturated heterocycles. The molecule has 152 valence electrons. The number of piperidine rings is 1. The zero-order valence-corrected chi connectivity index (χ0v) is 16.3. The summed E-state index contributed by atoms with van der Waals surface area (Å²) in [6.45, 7) is 0.377. The molecule has 0 atom stereocenters. The number of amides is 2. The van der Waals surface area contributed by atoms with Crippen LogP contribution in [0.15, 0.2) is 48.5 Å². The summed E-state index contributed by atoms with van der Waals surface area (Å²) in [5, 5.41) is 2.98. The summed E-state index contributed by atoms with van der Waals surface area (Å²) in [4.78, 5) is 38.2. The number of ether oxygens (including phenoxy) is 1. The fourth-order valence-electron chi connectivity index (χ4n) is 3.10. The van der Waals surface area contributed by atoms with Crippen LogP contribution in [-0.4, -0.2) is 42.4 Å². The Labute approximate surface area is 172 Å². The fraction of sp³-hybridized carbons (Fsp3) is 0.286. The molecule has 0 saturated carbocycles. The zero-order chi connectivity index (χ0) is 20.8. The van der Waals surface area contributed by atoms with Crippen molar-refractivity contribution in [3.63, 3.8) is 0 Å². The van der Waals surface area contributed by atoms with Crippen LogP contribution in [0.3, 0.4) is 0 Å². The molecule has 1 heterocycles. The predicted molar refractivity (Wildman–Crippen MR) is 106 cm³/mol. The average molecular weight is 419 g/mol. The number of nitrogens with one attached hydrogen (secondary N) is 1. The molecule has 0 aromatic heterocycles. The van der Waals surface area contributed by atoms with E-state index in [1.165, 1.54) is 24.3 Å². The molecule has 29 heavy (non-hydrogen) atoms. The topological polar surface area (TPSA) is 75.7 Å². The second kappa shape index (κ2) is 9.52. The summed E-state index contributed by atoms with van der Waals surface area (Å²) in [5.41, 5.74) is 0.853. The number of hydrogen-bond donors (Lipinski definition) is 1. The predicted octanol–water partition coefficient (Wildman–Crippen LogP) is 3.51. The highest BCUT2D eigenvalue weighted by atomic mass is 35.5. The van der Waals surface area contributed by atoms with E-state index < -0.39 is 24.3 Å². The average Bonchev–Trinajstić information content (AvgIpc) is 2.74. The Kier molecular flexibility index (Phi) is 6.82. The number of esters is 1. The monoisotopic (exact) mass is 418 g/mol. The minimum absolute atomic E-state index is 0.198. The molecular weight excluding hydrogens is 399 g/mol. The molecule has 0 spiro atoms. The first kappa shape index (κ1) is 20.8. The van der Waals surface area contributed by atoms with Crippen LogP contribution in [0.1, 0.15) is 23.2 Å². The molecule has 0 aliphatic carbocycles. The molecule has 8 heteroatoms. The van der Waals surface area contributed by atoms with E-state index in [1.807, 2.05) is 0 Å². The minimum atomic E-state index is -0.477. The van der Waals surface area contributed by atoms with Crippen LogP contribution in [0.25, 0.3) is 0 Å². The fourth-order valence-corrected chi connectivity index (χ4v) is 3.28. The number of halogens is 2. The lowest BCUT2D eigenvalue weighted by Crippen LogP contribution is -2.41. The van der Waals surface area contributed by atoms with Gasteiger partial charge in [0, 0.05) is 18.7 Å². The van der Waals surface area contributed by atoms with Crippen molar-refractivity contribution in [3.05, 3.63) is 64.9 Å². The smallest absolute Gasteiger partial charge is 0.309 e. The maximum Gasteiger partial charge on any atom is 0.309 e. The quantitative estimate of drug-likeness (QED) is 0.754. The van der Waals surface area contributed by atoms with Gasteiger partial charge in [0.25, 0.3) is 11.8 Å². The van der Waals surface area contributed by atoms with Crippen LogP contribution in [0, 0.1) is 11.7 Å². The Morgan fingerprint density at radius 1 is 1.07 bits per heavy atom. The molecule has 1 fully saturated rings. The van der Waals surface area contributed by atoms with Gasteiger partial charge in [0.1, 0.15) is 5.82 Å². The van der Waals surface area contributed by atoms with Gasteiger partial charge < -0.3 is 15.0 Å². The van der Waals surface area contributed by atoms with Crippen LogP contribution in [0.4, 0.5) is 10.1 Å². The number of carbonyl (C=O) groups excluding carboxylic acids is 3. The Hall–Kier alpha value is -2.93. The molecule has 2 amide bonds. The highest BCUT2D eigenvalue weighted by Crippen LogP contribution is 2.22. The lowest BCUT2D eigenvalue weighted by molar-refractivity contribution is -0.152. The number of nitrogens with zero attached hydrogens (tertiary/aromatic N) is 1. The molecule has 0 unspecified atom stereocenters. The van der Waals surface area contributed by atoms with E-state index in [4.69, 9.17) is 16.3 Å². The summed E-state index contributed by atoms with van der Waals surface area (Å²) in [6.07, 6.45) is 0.885. The van der Waals surface area contributed by atoms with E-state index >= 15 is 0 Å². The number of para-hydroxylation sites is 1. The Morgan fingerprint density at radius 3 is 2.38 bits per heavy atom. The van der Waals surface area contributed by atoms with Crippen molar-refractivity contribution in [2.45, 2.75) is 12.8 Å². The molecule has 1 aliphatic heterocycles. The van der Waals surface area contributed by atoms with Crippen LogP contribution in [0.5, 0.6) is 0 Å². The maximum absolute atomic E-state index is 13.0.